The van der Waals surface area contributed by atoms with Crippen molar-refractivity contribution in [3.63, 3.8) is 0 Å². The third-order valence-electron chi connectivity index (χ3n) is 6.42. The first kappa shape index (κ1) is 19.4. The van der Waals surface area contributed by atoms with E-state index in [9.17, 15) is 5.11 Å². The fourth-order valence-electron chi connectivity index (χ4n) is 3.84. The van der Waals surface area contributed by atoms with Gasteiger partial charge in [0.1, 0.15) is 11.9 Å². The molecule has 0 amide bonds. The van der Waals surface area contributed by atoms with Gasteiger partial charge in [-0.2, -0.15) is 5.10 Å². The van der Waals surface area contributed by atoms with E-state index in [0.717, 1.165) is 24.1 Å². The number of H-pyrrole nitrogens is 1. The van der Waals surface area contributed by atoms with Gasteiger partial charge in [-0.05, 0) is 51.1 Å². The molecule has 2 N–H and O–H groups in total. The van der Waals surface area contributed by atoms with Gasteiger partial charge in [0.05, 0.1) is 11.9 Å². The number of aromatic amines is 1. The summed E-state index contributed by atoms with van der Waals surface area (Å²) >= 11 is 0. The van der Waals surface area contributed by atoms with Crippen molar-refractivity contribution in [3.8, 4) is 34.0 Å². The Balaban J connectivity index is 1.50. The molecule has 0 saturated carbocycles. The number of nitrogens with zero attached hydrogens (tertiary/aromatic N) is 4. The van der Waals surface area contributed by atoms with Crippen molar-refractivity contribution < 1.29 is 9.84 Å². The number of aromatic hydroxyl groups is 1. The molecule has 1 aromatic carbocycles. The van der Waals surface area contributed by atoms with Crippen LogP contribution in [0.15, 0.2) is 42.7 Å². The number of hydrogen-bond acceptors (Lipinski definition) is 6. The van der Waals surface area contributed by atoms with Crippen molar-refractivity contribution in [1.82, 2.24) is 25.3 Å². The van der Waals surface area contributed by atoms with Crippen molar-refractivity contribution in [1.29, 1.82) is 0 Å². The maximum Gasteiger partial charge on any atom is 0.233 e. The number of phenols is 1. The zero-order chi connectivity index (χ0) is 20.6. The molecule has 1 aliphatic heterocycles. The second kappa shape index (κ2) is 7.48. The highest BCUT2D eigenvalue weighted by Crippen LogP contribution is 2.35. The predicted molar refractivity (Wildman–Crippen MR) is 112 cm³/mol. The Morgan fingerprint density at radius 1 is 1.17 bits per heavy atom. The highest BCUT2D eigenvalue weighted by atomic mass is 16.5. The van der Waals surface area contributed by atoms with E-state index in [1.807, 2.05) is 24.3 Å². The number of ether oxygens (including phenoxy) is 1. The van der Waals surface area contributed by atoms with E-state index >= 15 is 0 Å². The normalized spacial score (nSPS) is 21.8. The van der Waals surface area contributed by atoms with Crippen molar-refractivity contribution in [2.75, 3.05) is 13.6 Å². The van der Waals surface area contributed by atoms with Crippen LogP contribution in [-0.4, -0.2) is 55.6 Å². The fourth-order valence-corrected chi connectivity index (χ4v) is 3.84. The van der Waals surface area contributed by atoms with Gasteiger partial charge in [0.2, 0.25) is 5.88 Å². The zero-order valence-electron chi connectivity index (χ0n) is 17.3. The van der Waals surface area contributed by atoms with Crippen LogP contribution in [0, 0.1) is 5.92 Å². The number of likely N-dealkylation sites (tertiary alicyclic amines) is 1. The molecule has 4 rings (SSSR count). The van der Waals surface area contributed by atoms with Gasteiger partial charge in [0.25, 0.3) is 0 Å². The standard InChI is InChI=1S/C22H27N5O2/c1-14-20(9-10-27(4)22(14,2)3)29-21-8-7-18(25-26-21)17-6-5-15(11-19(17)28)16-12-23-24-13-16/h5-8,11-14,20,28H,9-10H2,1-4H3,(H,23,24). The molecule has 1 fully saturated rings. The molecule has 29 heavy (non-hydrogen) atoms. The molecule has 7 nitrogen and oxygen atoms in total. The van der Waals surface area contributed by atoms with Crippen LogP contribution in [0.3, 0.4) is 0 Å². The molecule has 7 heteroatoms. The second-order valence-electron chi connectivity index (χ2n) is 8.28. The van der Waals surface area contributed by atoms with Crippen LogP contribution in [0.25, 0.3) is 22.4 Å². The highest BCUT2D eigenvalue weighted by molar-refractivity contribution is 5.73. The lowest BCUT2D eigenvalue weighted by Crippen LogP contribution is -2.56. The number of piperidine rings is 1. The molecule has 3 aromatic rings. The van der Waals surface area contributed by atoms with Gasteiger partial charge >= 0.3 is 0 Å². The van der Waals surface area contributed by atoms with Crippen molar-refractivity contribution in [3.05, 3.63) is 42.7 Å². The lowest BCUT2D eigenvalue weighted by atomic mass is 9.79. The van der Waals surface area contributed by atoms with Gasteiger partial charge in [0, 0.05) is 41.4 Å². The number of phenolic OH excluding ortho intramolecular Hbond substituents is 1. The molecular weight excluding hydrogens is 366 g/mol. The van der Waals surface area contributed by atoms with Gasteiger partial charge in [-0.25, -0.2) is 0 Å². The van der Waals surface area contributed by atoms with Crippen LogP contribution in [0.4, 0.5) is 0 Å². The quantitative estimate of drug-likeness (QED) is 0.702. The summed E-state index contributed by atoms with van der Waals surface area (Å²) in [4.78, 5) is 2.38. The first-order chi connectivity index (χ1) is 13.9. The molecule has 1 saturated heterocycles. The topological polar surface area (TPSA) is 87.2 Å². The van der Waals surface area contributed by atoms with Crippen LogP contribution in [0.1, 0.15) is 27.2 Å². The number of nitrogens with one attached hydrogen (secondary N) is 1. The third kappa shape index (κ3) is 3.70. The van der Waals surface area contributed by atoms with E-state index in [1.54, 1.807) is 18.5 Å². The van der Waals surface area contributed by atoms with E-state index < -0.39 is 0 Å². The molecule has 1 aliphatic rings. The number of rotatable bonds is 4. The molecule has 152 valence electrons. The lowest BCUT2D eigenvalue weighted by Gasteiger charge is -2.48. The van der Waals surface area contributed by atoms with E-state index in [4.69, 9.17) is 4.74 Å². The Hall–Kier alpha value is -2.93. The summed E-state index contributed by atoms with van der Waals surface area (Å²) in [5.74, 6) is 1.03. The Labute approximate surface area is 170 Å². The molecule has 2 aromatic heterocycles. The van der Waals surface area contributed by atoms with Crippen LogP contribution >= 0.6 is 0 Å². The number of benzene rings is 1. The van der Waals surface area contributed by atoms with Crippen LogP contribution < -0.4 is 4.74 Å². The minimum atomic E-state index is 0.0683. The molecule has 0 aliphatic carbocycles. The van der Waals surface area contributed by atoms with Crippen molar-refractivity contribution >= 4 is 0 Å². The molecule has 0 radical (unpaired) electrons. The predicted octanol–water partition coefficient (Wildman–Crippen LogP) is 3.74. The Kier molecular flexibility index (Phi) is 5.00. The number of hydrogen-bond donors (Lipinski definition) is 2. The smallest absolute Gasteiger partial charge is 0.233 e. The summed E-state index contributed by atoms with van der Waals surface area (Å²) < 4.78 is 6.17. The third-order valence-corrected chi connectivity index (χ3v) is 6.42. The van der Waals surface area contributed by atoms with E-state index in [1.165, 1.54) is 0 Å². The summed E-state index contributed by atoms with van der Waals surface area (Å²) in [5, 5.41) is 25.7. The van der Waals surface area contributed by atoms with Gasteiger partial charge in [-0.15, -0.1) is 10.2 Å². The average Bonchev–Trinajstić information content (AvgIpc) is 3.24. The van der Waals surface area contributed by atoms with E-state index in [2.05, 4.69) is 53.1 Å². The number of aromatic nitrogens is 4. The van der Waals surface area contributed by atoms with Gasteiger partial charge in [0.15, 0.2) is 0 Å². The molecular formula is C22H27N5O2. The molecule has 0 spiro atoms. The minimum absolute atomic E-state index is 0.0683. The monoisotopic (exact) mass is 393 g/mol. The Morgan fingerprint density at radius 3 is 2.66 bits per heavy atom. The largest absolute Gasteiger partial charge is 0.507 e. The van der Waals surface area contributed by atoms with E-state index in [-0.39, 0.29) is 17.4 Å². The summed E-state index contributed by atoms with van der Waals surface area (Å²) in [6.45, 7) is 7.71. The average molecular weight is 393 g/mol. The molecule has 0 bridgehead atoms. The van der Waals surface area contributed by atoms with Gasteiger partial charge in [-0.1, -0.05) is 13.0 Å². The fraction of sp³-hybridized carbons (Fsp3) is 0.409. The summed E-state index contributed by atoms with van der Waals surface area (Å²) in [6, 6.07) is 9.12. The first-order valence-electron chi connectivity index (χ1n) is 9.90. The molecule has 3 heterocycles. The minimum Gasteiger partial charge on any atom is -0.507 e. The maximum absolute atomic E-state index is 10.5. The lowest BCUT2D eigenvalue weighted by molar-refractivity contribution is -0.0301. The van der Waals surface area contributed by atoms with Crippen molar-refractivity contribution in [2.45, 2.75) is 38.8 Å². The SMILES string of the molecule is CC1C(Oc2ccc(-c3ccc(-c4cn[nH]c4)cc3O)nn2)CCN(C)C1(C)C. The maximum atomic E-state index is 10.5. The van der Waals surface area contributed by atoms with Gasteiger partial charge < -0.3 is 14.7 Å². The van der Waals surface area contributed by atoms with Gasteiger partial charge in [-0.3, -0.25) is 5.10 Å². The van der Waals surface area contributed by atoms with Crippen LogP contribution in [0.5, 0.6) is 11.6 Å². The summed E-state index contributed by atoms with van der Waals surface area (Å²) in [5.41, 5.74) is 3.10. The van der Waals surface area contributed by atoms with Crippen LogP contribution in [-0.2, 0) is 0 Å². The molecule has 2 unspecified atom stereocenters. The van der Waals surface area contributed by atoms with Crippen molar-refractivity contribution in [2.24, 2.45) is 5.92 Å². The Bertz CT molecular complexity index is 969. The zero-order valence-corrected chi connectivity index (χ0v) is 17.3. The highest BCUT2D eigenvalue weighted by Gasteiger charge is 2.40. The van der Waals surface area contributed by atoms with E-state index in [0.29, 0.717) is 23.1 Å². The summed E-state index contributed by atoms with van der Waals surface area (Å²) in [6.07, 6.45) is 4.56. The van der Waals surface area contributed by atoms with Crippen LogP contribution in [0.2, 0.25) is 0 Å². The first-order valence-corrected chi connectivity index (χ1v) is 9.90. The molecule has 2 atom stereocenters. The second-order valence-corrected chi connectivity index (χ2v) is 8.28. The summed E-state index contributed by atoms with van der Waals surface area (Å²) in [7, 11) is 2.16. The Morgan fingerprint density at radius 2 is 2.00 bits per heavy atom.